The van der Waals surface area contributed by atoms with E-state index < -0.39 is 0 Å². The van der Waals surface area contributed by atoms with Crippen molar-refractivity contribution >= 4 is 45.4 Å². The molecule has 2 aromatic carbocycles. The molecule has 6 nitrogen and oxygen atoms in total. The summed E-state index contributed by atoms with van der Waals surface area (Å²) in [5.41, 5.74) is 3.13. The van der Waals surface area contributed by atoms with Gasteiger partial charge in [0.2, 0.25) is 11.5 Å². The highest BCUT2D eigenvalue weighted by molar-refractivity contribution is 7.99. The van der Waals surface area contributed by atoms with Gasteiger partial charge in [0.05, 0.1) is 5.75 Å². The van der Waals surface area contributed by atoms with E-state index in [4.69, 9.17) is 9.40 Å². The predicted molar refractivity (Wildman–Crippen MR) is 121 cm³/mol. The number of thioether (sulfide) groups is 1. The first-order chi connectivity index (χ1) is 14.6. The smallest absolute Gasteiger partial charge is 0.297 e. The highest BCUT2D eigenvalue weighted by Crippen LogP contribution is 2.27. The summed E-state index contributed by atoms with van der Waals surface area (Å²) < 4.78 is 7.37. The lowest BCUT2D eigenvalue weighted by atomic mass is 10.1. The lowest BCUT2D eigenvalue weighted by Crippen LogP contribution is -2.24. The number of aromatic nitrogens is 2. The molecule has 7 heteroatoms. The number of furan rings is 1. The Kier molecular flexibility index (Phi) is 5.90. The molecule has 154 valence electrons. The van der Waals surface area contributed by atoms with Crippen molar-refractivity contribution in [3.8, 4) is 0 Å². The molecule has 0 fully saturated rings. The Morgan fingerprint density at radius 1 is 1.13 bits per heavy atom. The Balaban J connectivity index is 1.64. The molecule has 0 aliphatic carbocycles. The maximum absolute atomic E-state index is 13.0. The number of hydrogen-bond donors (Lipinski definition) is 1. The first-order valence-corrected chi connectivity index (χ1v) is 11.0. The van der Waals surface area contributed by atoms with Gasteiger partial charge in [0.15, 0.2) is 5.16 Å². The molecule has 0 radical (unpaired) electrons. The van der Waals surface area contributed by atoms with E-state index in [1.807, 2.05) is 55.5 Å². The molecule has 4 aromatic rings. The van der Waals surface area contributed by atoms with Crippen LogP contribution in [0.25, 0.3) is 22.1 Å². The lowest BCUT2D eigenvalue weighted by Gasteiger charge is -2.12. The molecule has 0 atom stereocenters. The lowest BCUT2D eigenvalue weighted by molar-refractivity contribution is -0.113. The van der Waals surface area contributed by atoms with Crippen molar-refractivity contribution in [2.75, 3.05) is 11.1 Å². The van der Waals surface area contributed by atoms with Crippen molar-refractivity contribution in [2.45, 2.75) is 38.4 Å². The Morgan fingerprint density at radius 3 is 2.70 bits per heavy atom. The number of nitrogens with one attached hydrogen (secondary N) is 1. The van der Waals surface area contributed by atoms with Crippen molar-refractivity contribution in [3.63, 3.8) is 0 Å². The molecule has 2 aromatic heterocycles. The summed E-state index contributed by atoms with van der Waals surface area (Å²) in [7, 11) is 0. The Morgan fingerprint density at radius 2 is 1.90 bits per heavy atom. The van der Waals surface area contributed by atoms with Crippen LogP contribution in [0.15, 0.2) is 62.9 Å². The minimum Gasteiger partial charge on any atom is -0.448 e. The first kappa shape index (κ1) is 20.2. The molecule has 1 amide bonds. The molecule has 0 saturated heterocycles. The van der Waals surface area contributed by atoms with E-state index in [2.05, 4.69) is 12.2 Å². The number of amides is 1. The van der Waals surface area contributed by atoms with Gasteiger partial charge in [0.1, 0.15) is 11.1 Å². The quantitative estimate of drug-likeness (QED) is 0.341. The molecule has 2 heterocycles. The van der Waals surface area contributed by atoms with Crippen molar-refractivity contribution in [1.29, 1.82) is 0 Å². The molecule has 0 aliphatic rings. The second-order valence-electron chi connectivity index (χ2n) is 6.97. The van der Waals surface area contributed by atoms with E-state index in [-0.39, 0.29) is 22.8 Å². The van der Waals surface area contributed by atoms with Crippen molar-refractivity contribution in [3.05, 3.63) is 64.4 Å². The number of carbonyl (C=O) groups is 1. The predicted octanol–water partition coefficient (Wildman–Crippen LogP) is 4.85. The van der Waals surface area contributed by atoms with E-state index in [9.17, 15) is 9.59 Å². The summed E-state index contributed by atoms with van der Waals surface area (Å²) in [6.45, 7) is 4.57. The number of fused-ring (bicyclic) bond motifs is 3. The number of benzene rings is 2. The largest absolute Gasteiger partial charge is 0.448 e. The molecule has 0 spiro atoms. The molecular formula is C23H23N3O3S. The SMILES string of the molecule is CCCn1c(SCC(=O)Nc2ccccc2CC)nc2c(oc3ccccc32)c1=O. The normalized spacial score (nSPS) is 11.3. The van der Waals surface area contributed by atoms with Crippen molar-refractivity contribution in [1.82, 2.24) is 9.55 Å². The highest BCUT2D eigenvalue weighted by Gasteiger charge is 2.18. The molecular weight excluding hydrogens is 398 g/mol. The Bertz CT molecular complexity index is 1280. The van der Waals surface area contributed by atoms with Gasteiger partial charge >= 0.3 is 0 Å². The fraction of sp³-hybridized carbons (Fsp3) is 0.261. The summed E-state index contributed by atoms with van der Waals surface area (Å²) >= 11 is 1.27. The molecule has 0 bridgehead atoms. The van der Waals surface area contributed by atoms with Gasteiger partial charge in [0, 0.05) is 17.6 Å². The summed E-state index contributed by atoms with van der Waals surface area (Å²) in [4.78, 5) is 30.3. The van der Waals surface area contributed by atoms with Crippen molar-refractivity contribution < 1.29 is 9.21 Å². The van der Waals surface area contributed by atoms with Gasteiger partial charge in [-0.1, -0.05) is 55.9 Å². The van der Waals surface area contributed by atoms with Crippen LogP contribution in [0.1, 0.15) is 25.8 Å². The maximum Gasteiger partial charge on any atom is 0.297 e. The first-order valence-electron chi connectivity index (χ1n) is 10.0. The van der Waals surface area contributed by atoms with Gasteiger partial charge in [-0.3, -0.25) is 14.2 Å². The summed E-state index contributed by atoms with van der Waals surface area (Å²) in [6, 6.07) is 15.2. The van der Waals surface area contributed by atoms with Crippen LogP contribution in [0.5, 0.6) is 0 Å². The third-order valence-electron chi connectivity index (χ3n) is 4.90. The zero-order valence-electron chi connectivity index (χ0n) is 17.0. The van der Waals surface area contributed by atoms with E-state index in [0.29, 0.717) is 22.8 Å². The minimum atomic E-state index is -0.211. The van der Waals surface area contributed by atoms with Crippen LogP contribution >= 0.6 is 11.8 Å². The van der Waals surface area contributed by atoms with Crippen LogP contribution in [0.2, 0.25) is 0 Å². The zero-order chi connectivity index (χ0) is 21.1. The van der Waals surface area contributed by atoms with Crippen LogP contribution in [-0.2, 0) is 17.8 Å². The van der Waals surface area contributed by atoms with E-state index in [1.54, 1.807) is 4.57 Å². The number of hydrogen-bond acceptors (Lipinski definition) is 5. The summed E-state index contributed by atoms with van der Waals surface area (Å²) in [6.07, 6.45) is 1.61. The average Bonchev–Trinajstić information content (AvgIpc) is 3.14. The van der Waals surface area contributed by atoms with E-state index >= 15 is 0 Å². The zero-order valence-corrected chi connectivity index (χ0v) is 17.8. The molecule has 1 N–H and O–H groups in total. The number of nitrogens with zero attached hydrogens (tertiary/aromatic N) is 2. The Hall–Kier alpha value is -3.06. The minimum absolute atomic E-state index is 0.129. The third kappa shape index (κ3) is 3.85. The number of aryl methyl sites for hydroxylation is 1. The summed E-state index contributed by atoms with van der Waals surface area (Å²) in [5.74, 6) is 0.0329. The van der Waals surface area contributed by atoms with Crippen LogP contribution in [0.4, 0.5) is 5.69 Å². The third-order valence-corrected chi connectivity index (χ3v) is 5.88. The fourth-order valence-electron chi connectivity index (χ4n) is 3.45. The summed E-state index contributed by atoms with van der Waals surface area (Å²) in [5, 5.41) is 4.30. The van der Waals surface area contributed by atoms with Gasteiger partial charge in [-0.15, -0.1) is 0 Å². The van der Waals surface area contributed by atoms with Crippen LogP contribution in [0, 0.1) is 0 Å². The number of rotatable bonds is 7. The second kappa shape index (κ2) is 8.75. The number of anilines is 1. The van der Waals surface area contributed by atoms with Crippen LogP contribution < -0.4 is 10.9 Å². The molecule has 4 rings (SSSR count). The molecule has 0 unspecified atom stereocenters. The van der Waals surface area contributed by atoms with Gasteiger partial charge < -0.3 is 9.73 Å². The van der Waals surface area contributed by atoms with Gasteiger partial charge in [-0.2, -0.15) is 0 Å². The number of carbonyl (C=O) groups excluding carboxylic acids is 1. The van der Waals surface area contributed by atoms with Gasteiger partial charge in [0.25, 0.3) is 5.56 Å². The standard InChI is InChI=1S/C23H23N3O3S/c1-3-13-26-22(28)21-20(16-10-6-8-12-18(16)29-21)25-23(26)30-14-19(27)24-17-11-7-5-9-15(17)4-2/h5-12H,3-4,13-14H2,1-2H3,(H,24,27). The van der Waals surface area contributed by atoms with Gasteiger partial charge in [-0.25, -0.2) is 4.98 Å². The van der Waals surface area contributed by atoms with Gasteiger partial charge in [-0.05, 0) is 36.6 Å². The maximum atomic E-state index is 13.0. The van der Waals surface area contributed by atoms with Crippen LogP contribution in [-0.4, -0.2) is 21.2 Å². The van der Waals surface area contributed by atoms with Crippen LogP contribution in [0.3, 0.4) is 0 Å². The second-order valence-corrected chi connectivity index (χ2v) is 7.92. The average molecular weight is 422 g/mol. The number of para-hydroxylation sites is 2. The fourth-order valence-corrected chi connectivity index (χ4v) is 4.27. The topological polar surface area (TPSA) is 77.1 Å². The molecule has 30 heavy (non-hydrogen) atoms. The van der Waals surface area contributed by atoms with E-state index in [1.165, 1.54) is 11.8 Å². The monoisotopic (exact) mass is 421 g/mol. The highest BCUT2D eigenvalue weighted by atomic mass is 32.2. The van der Waals surface area contributed by atoms with E-state index in [0.717, 1.165) is 29.5 Å². The Labute approximate surface area is 178 Å². The molecule has 0 aliphatic heterocycles. The van der Waals surface area contributed by atoms with Crippen molar-refractivity contribution in [2.24, 2.45) is 0 Å². The molecule has 0 saturated carbocycles.